The van der Waals surface area contributed by atoms with Crippen molar-refractivity contribution in [3.8, 4) is 0 Å². The summed E-state index contributed by atoms with van der Waals surface area (Å²) in [6.07, 6.45) is 2.81. The second-order valence-electron chi connectivity index (χ2n) is 5.03. The molecule has 0 aromatic heterocycles. The number of carbonyl (C=O) groups is 2. The topological polar surface area (TPSA) is 66.4 Å². The molecular formula is C15H19NO3. The minimum Gasteiger partial charge on any atom is -0.481 e. The van der Waals surface area contributed by atoms with Gasteiger partial charge in [-0.05, 0) is 36.8 Å². The van der Waals surface area contributed by atoms with Gasteiger partial charge in [-0.3, -0.25) is 9.59 Å². The van der Waals surface area contributed by atoms with Gasteiger partial charge in [-0.25, -0.2) is 0 Å². The van der Waals surface area contributed by atoms with Crippen molar-refractivity contribution in [2.24, 2.45) is 5.92 Å². The van der Waals surface area contributed by atoms with E-state index in [9.17, 15) is 9.59 Å². The van der Waals surface area contributed by atoms with Crippen LogP contribution in [0, 0.1) is 5.92 Å². The molecule has 1 aliphatic rings. The molecule has 1 aliphatic carbocycles. The molecule has 1 atom stereocenters. The van der Waals surface area contributed by atoms with Gasteiger partial charge in [0.15, 0.2) is 0 Å². The number of hydrogen-bond donors (Lipinski definition) is 2. The third-order valence-electron chi connectivity index (χ3n) is 3.54. The van der Waals surface area contributed by atoms with E-state index in [-0.39, 0.29) is 18.4 Å². The lowest BCUT2D eigenvalue weighted by Gasteiger charge is -2.17. The van der Waals surface area contributed by atoms with E-state index in [0.717, 1.165) is 24.8 Å². The number of rotatable bonds is 6. The second kappa shape index (κ2) is 5.87. The normalized spacial score (nSPS) is 15.8. The molecule has 0 spiro atoms. The summed E-state index contributed by atoms with van der Waals surface area (Å²) in [7, 11) is 0. The number of carbonyl (C=O) groups excluding carboxylic acids is 1. The largest absolute Gasteiger partial charge is 0.481 e. The van der Waals surface area contributed by atoms with Crippen LogP contribution in [0.3, 0.4) is 0 Å². The summed E-state index contributed by atoms with van der Waals surface area (Å²) >= 11 is 0. The molecule has 2 rings (SSSR count). The summed E-state index contributed by atoms with van der Waals surface area (Å²) in [6, 6.07) is 7.22. The van der Waals surface area contributed by atoms with Crippen molar-refractivity contribution >= 4 is 11.9 Å². The fourth-order valence-electron chi connectivity index (χ4n) is 2.32. The van der Waals surface area contributed by atoms with E-state index in [1.165, 1.54) is 0 Å². The number of hydrogen-bond acceptors (Lipinski definition) is 2. The first-order valence-electron chi connectivity index (χ1n) is 6.72. The van der Waals surface area contributed by atoms with Crippen molar-refractivity contribution in [1.82, 2.24) is 5.32 Å². The highest BCUT2D eigenvalue weighted by Gasteiger charge is 2.34. The minimum absolute atomic E-state index is 0.00466. The lowest BCUT2D eigenvalue weighted by atomic mass is 10.0. The zero-order chi connectivity index (χ0) is 13.8. The molecule has 0 bridgehead atoms. The fraction of sp³-hybridized carbons (Fsp3) is 0.467. The van der Waals surface area contributed by atoms with E-state index in [1.54, 1.807) is 6.07 Å². The molecule has 1 amide bonds. The number of nitrogens with one attached hydrogen (secondary N) is 1. The summed E-state index contributed by atoms with van der Waals surface area (Å²) < 4.78 is 0. The van der Waals surface area contributed by atoms with E-state index >= 15 is 0 Å². The summed E-state index contributed by atoms with van der Waals surface area (Å²) in [5.74, 6) is -0.689. The maximum atomic E-state index is 12.2. The monoisotopic (exact) mass is 261 g/mol. The first-order valence-corrected chi connectivity index (χ1v) is 6.72. The molecule has 0 saturated heterocycles. The van der Waals surface area contributed by atoms with E-state index in [0.29, 0.717) is 11.5 Å². The molecule has 102 valence electrons. The van der Waals surface area contributed by atoms with Gasteiger partial charge in [0.2, 0.25) is 0 Å². The third kappa shape index (κ3) is 3.56. The first-order chi connectivity index (χ1) is 9.11. The standard InChI is InChI=1S/C15H19NO3/c1-2-10-5-3-4-6-12(10)15(19)16-13(9-14(17)18)11-7-8-11/h3-6,11,13H,2,7-9H2,1H3,(H,16,19)(H,17,18). The first kappa shape index (κ1) is 13.6. The van der Waals surface area contributed by atoms with E-state index in [1.807, 2.05) is 25.1 Å². The summed E-state index contributed by atoms with van der Waals surface area (Å²) in [5.41, 5.74) is 1.64. The van der Waals surface area contributed by atoms with Crippen LogP contribution >= 0.6 is 0 Å². The number of aryl methyl sites for hydroxylation is 1. The number of amides is 1. The van der Waals surface area contributed by atoms with Crippen LogP contribution in [0.25, 0.3) is 0 Å². The van der Waals surface area contributed by atoms with E-state index in [4.69, 9.17) is 5.11 Å². The van der Waals surface area contributed by atoms with Crippen LogP contribution in [0.15, 0.2) is 24.3 Å². The molecule has 19 heavy (non-hydrogen) atoms. The Hall–Kier alpha value is -1.84. The highest BCUT2D eigenvalue weighted by atomic mass is 16.4. The summed E-state index contributed by atoms with van der Waals surface area (Å²) in [6.45, 7) is 2.00. The predicted molar refractivity (Wildman–Crippen MR) is 72.1 cm³/mol. The maximum absolute atomic E-state index is 12.2. The summed E-state index contributed by atoms with van der Waals surface area (Å²) in [5, 5.41) is 11.8. The molecule has 4 nitrogen and oxygen atoms in total. The van der Waals surface area contributed by atoms with Gasteiger partial charge in [-0.2, -0.15) is 0 Å². The SMILES string of the molecule is CCc1ccccc1C(=O)NC(CC(=O)O)C1CC1. The number of carboxylic acid groups (broad SMARTS) is 1. The Morgan fingerprint density at radius 1 is 1.37 bits per heavy atom. The van der Waals surface area contributed by atoms with Gasteiger partial charge < -0.3 is 10.4 Å². The molecule has 2 N–H and O–H groups in total. The zero-order valence-electron chi connectivity index (χ0n) is 11.1. The van der Waals surface area contributed by atoms with Gasteiger partial charge in [-0.1, -0.05) is 25.1 Å². The van der Waals surface area contributed by atoms with E-state index < -0.39 is 5.97 Å². The van der Waals surface area contributed by atoms with Crippen molar-refractivity contribution in [1.29, 1.82) is 0 Å². The van der Waals surface area contributed by atoms with Crippen LogP contribution in [0.2, 0.25) is 0 Å². The van der Waals surface area contributed by atoms with Crippen LogP contribution in [-0.4, -0.2) is 23.0 Å². The second-order valence-corrected chi connectivity index (χ2v) is 5.03. The Labute approximate surface area is 112 Å². The molecule has 0 radical (unpaired) electrons. The van der Waals surface area contributed by atoms with Gasteiger partial charge in [-0.15, -0.1) is 0 Å². The highest BCUT2D eigenvalue weighted by Crippen LogP contribution is 2.34. The number of carboxylic acids is 1. The molecule has 4 heteroatoms. The minimum atomic E-state index is -0.860. The van der Waals surface area contributed by atoms with E-state index in [2.05, 4.69) is 5.32 Å². The van der Waals surface area contributed by atoms with Crippen LogP contribution in [-0.2, 0) is 11.2 Å². The zero-order valence-corrected chi connectivity index (χ0v) is 11.1. The van der Waals surface area contributed by atoms with Crippen LogP contribution in [0.4, 0.5) is 0 Å². The summed E-state index contributed by atoms with van der Waals surface area (Å²) in [4.78, 5) is 23.1. The van der Waals surface area contributed by atoms with Crippen molar-refractivity contribution < 1.29 is 14.7 Å². The molecule has 1 saturated carbocycles. The van der Waals surface area contributed by atoms with Crippen molar-refractivity contribution in [3.63, 3.8) is 0 Å². The van der Waals surface area contributed by atoms with Crippen molar-refractivity contribution in [2.75, 3.05) is 0 Å². The van der Waals surface area contributed by atoms with Crippen molar-refractivity contribution in [3.05, 3.63) is 35.4 Å². The van der Waals surface area contributed by atoms with Crippen LogP contribution in [0.1, 0.15) is 42.1 Å². The average molecular weight is 261 g/mol. The fourth-order valence-corrected chi connectivity index (χ4v) is 2.32. The molecule has 1 unspecified atom stereocenters. The van der Waals surface area contributed by atoms with Gasteiger partial charge in [0.05, 0.1) is 6.42 Å². The molecule has 0 aliphatic heterocycles. The Balaban J connectivity index is 2.08. The number of benzene rings is 1. The highest BCUT2D eigenvalue weighted by molar-refractivity contribution is 5.96. The quantitative estimate of drug-likeness (QED) is 0.825. The lowest BCUT2D eigenvalue weighted by molar-refractivity contribution is -0.137. The smallest absolute Gasteiger partial charge is 0.305 e. The lowest BCUT2D eigenvalue weighted by Crippen LogP contribution is -2.38. The Kier molecular flexibility index (Phi) is 4.20. The van der Waals surface area contributed by atoms with Crippen LogP contribution < -0.4 is 5.32 Å². The van der Waals surface area contributed by atoms with Gasteiger partial charge >= 0.3 is 5.97 Å². The number of aliphatic carboxylic acids is 1. The van der Waals surface area contributed by atoms with Gasteiger partial charge in [0.25, 0.3) is 5.91 Å². The van der Waals surface area contributed by atoms with Gasteiger partial charge in [0, 0.05) is 11.6 Å². The Bertz CT molecular complexity index is 480. The molecule has 1 fully saturated rings. The molecule has 1 aromatic rings. The Morgan fingerprint density at radius 3 is 2.63 bits per heavy atom. The maximum Gasteiger partial charge on any atom is 0.305 e. The average Bonchev–Trinajstić information content (AvgIpc) is 3.21. The molecule has 1 aromatic carbocycles. The molecule has 0 heterocycles. The Morgan fingerprint density at radius 2 is 2.05 bits per heavy atom. The van der Waals surface area contributed by atoms with Crippen LogP contribution in [0.5, 0.6) is 0 Å². The van der Waals surface area contributed by atoms with Gasteiger partial charge in [0.1, 0.15) is 0 Å². The predicted octanol–water partition coefficient (Wildman–Crippen LogP) is 2.23. The third-order valence-corrected chi connectivity index (χ3v) is 3.54. The molecular weight excluding hydrogens is 242 g/mol. The van der Waals surface area contributed by atoms with Crippen molar-refractivity contribution in [2.45, 2.75) is 38.6 Å².